The van der Waals surface area contributed by atoms with Gasteiger partial charge in [-0.3, -0.25) is 0 Å². The van der Waals surface area contributed by atoms with Gasteiger partial charge >= 0.3 is 11.6 Å². The van der Waals surface area contributed by atoms with Gasteiger partial charge in [0.1, 0.15) is 16.5 Å². The Bertz CT molecular complexity index is 958. The first kappa shape index (κ1) is 16.1. The van der Waals surface area contributed by atoms with E-state index < -0.39 is 11.6 Å². The number of ether oxygens (including phenoxy) is 1. The Hall–Kier alpha value is -1.82. The quantitative estimate of drug-likeness (QED) is 0.490. The highest BCUT2D eigenvalue weighted by atomic mass is 35.5. The van der Waals surface area contributed by atoms with Gasteiger partial charge in [-0.05, 0) is 24.6 Å². The van der Waals surface area contributed by atoms with Crippen LogP contribution in [0.15, 0.2) is 39.5 Å². The van der Waals surface area contributed by atoms with Gasteiger partial charge in [-0.25, -0.2) is 9.59 Å². The second kappa shape index (κ2) is 6.35. The molecule has 0 amide bonds. The van der Waals surface area contributed by atoms with Crippen LogP contribution in [-0.2, 0) is 11.3 Å². The van der Waals surface area contributed by atoms with Gasteiger partial charge in [0, 0.05) is 17.0 Å². The number of aryl methyl sites for hydroxylation is 1. The van der Waals surface area contributed by atoms with Crippen molar-refractivity contribution in [1.82, 2.24) is 0 Å². The van der Waals surface area contributed by atoms with Crippen LogP contribution in [0.3, 0.4) is 0 Å². The molecule has 0 N–H and O–H groups in total. The van der Waals surface area contributed by atoms with Gasteiger partial charge in [-0.1, -0.05) is 35.3 Å². The molecule has 0 aliphatic heterocycles. The zero-order valence-corrected chi connectivity index (χ0v) is 14.2. The summed E-state index contributed by atoms with van der Waals surface area (Å²) in [6.45, 7) is 1.84. The molecule has 23 heavy (non-hydrogen) atoms. The largest absolute Gasteiger partial charge is 0.457 e. The van der Waals surface area contributed by atoms with Gasteiger partial charge in [0.25, 0.3) is 0 Å². The average Bonchev–Trinajstić information content (AvgIpc) is 2.82. The molecule has 0 aliphatic carbocycles. The van der Waals surface area contributed by atoms with Crippen LogP contribution in [0.5, 0.6) is 0 Å². The van der Waals surface area contributed by atoms with Crippen LogP contribution < -0.4 is 5.63 Å². The third-order valence-electron chi connectivity index (χ3n) is 3.22. The number of hydrogen-bond acceptors (Lipinski definition) is 5. The summed E-state index contributed by atoms with van der Waals surface area (Å²) in [4.78, 5) is 23.7. The maximum absolute atomic E-state index is 12.1. The number of benzene rings is 1. The SMILES string of the molecule is Cc1ccc2c(COC(=O)c3cc(Cl)sc3Cl)cc(=O)oc2c1. The molecule has 2 aromatic heterocycles. The Labute approximate surface area is 145 Å². The van der Waals surface area contributed by atoms with Gasteiger partial charge in [-0.15, -0.1) is 11.3 Å². The summed E-state index contributed by atoms with van der Waals surface area (Å²) in [6, 6.07) is 8.25. The summed E-state index contributed by atoms with van der Waals surface area (Å²) in [5, 5.41) is 0.720. The van der Waals surface area contributed by atoms with Gasteiger partial charge in [0.15, 0.2) is 0 Å². The van der Waals surface area contributed by atoms with E-state index >= 15 is 0 Å². The van der Waals surface area contributed by atoms with E-state index in [0.29, 0.717) is 15.5 Å². The second-order valence-electron chi connectivity index (χ2n) is 4.90. The first-order valence-electron chi connectivity index (χ1n) is 6.59. The molecule has 0 radical (unpaired) electrons. The Morgan fingerprint density at radius 3 is 2.74 bits per heavy atom. The predicted octanol–water partition coefficient (Wildman–Crippen LogP) is 4.83. The van der Waals surface area contributed by atoms with E-state index in [4.69, 9.17) is 32.4 Å². The number of halogens is 2. The van der Waals surface area contributed by atoms with Crippen molar-refractivity contribution < 1.29 is 13.9 Å². The summed E-state index contributed by atoms with van der Waals surface area (Å²) in [5.74, 6) is -0.591. The Balaban J connectivity index is 1.88. The fraction of sp³-hybridized carbons (Fsp3) is 0.125. The molecule has 3 rings (SSSR count). The van der Waals surface area contributed by atoms with Crippen molar-refractivity contribution in [2.24, 2.45) is 0 Å². The number of hydrogen-bond donors (Lipinski definition) is 0. The van der Waals surface area contributed by atoms with Crippen molar-refractivity contribution in [3.05, 3.63) is 66.1 Å². The zero-order valence-electron chi connectivity index (χ0n) is 11.9. The van der Waals surface area contributed by atoms with Crippen LogP contribution in [0.2, 0.25) is 8.67 Å². The van der Waals surface area contributed by atoms with Gasteiger partial charge in [0.05, 0.1) is 9.90 Å². The van der Waals surface area contributed by atoms with E-state index in [1.165, 1.54) is 12.1 Å². The lowest BCUT2D eigenvalue weighted by Gasteiger charge is -2.07. The van der Waals surface area contributed by atoms with Crippen LogP contribution in [-0.4, -0.2) is 5.97 Å². The number of fused-ring (bicyclic) bond motifs is 1. The van der Waals surface area contributed by atoms with Crippen LogP contribution in [0, 0.1) is 6.92 Å². The van der Waals surface area contributed by atoms with E-state index in [1.54, 1.807) is 6.07 Å². The van der Waals surface area contributed by atoms with Gasteiger partial charge < -0.3 is 9.15 Å². The van der Waals surface area contributed by atoms with E-state index in [0.717, 1.165) is 22.3 Å². The molecule has 0 bridgehead atoms. The molecule has 0 fully saturated rings. The first-order valence-corrected chi connectivity index (χ1v) is 8.16. The summed E-state index contributed by atoms with van der Waals surface area (Å²) >= 11 is 12.8. The molecular formula is C16H10Cl2O4S. The summed E-state index contributed by atoms with van der Waals surface area (Å²) < 4.78 is 11.1. The first-order chi connectivity index (χ1) is 10.9. The number of esters is 1. The highest BCUT2D eigenvalue weighted by molar-refractivity contribution is 7.20. The van der Waals surface area contributed by atoms with Crippen LogP contribution in [0.1, 0.15) is 21.5 Å². The molecule has 0 spiro atoms. The van der Waals surface area contributed by atoms with Crippen molar-refractivity contribution in [3.63, 3.8) is 0 Å². The monoisotopic (exact) mass is 368 g/mol. The number of rotatable bonds is 3. The fourth-order valence-electron chi connectivity index (χ4n) is 2.16. The maximum atomic E-state index is 12.1. The highest BCUT2D eigenvalue weighted by Gasteiger charge is 2.16. The molecule has 0 unspecified atom stereocenters. The molecule has 3 aromatic rings. The van der Waals surface area contributed by atoms with Crippen LogP contribution in [0.25, 0.3) is 11.0 Å². The lowest BCUT2D eigenvalue weighted by molar-refractivity contribution is 0.0474. The minimum Gasteiger partial charge on any atom is -0.457 e. The Morgan fingerprint density at radius 2 is 2.04 bits per heavy atom. The van der Waals surface area contributed by atoms with E-state index in [2.05, 4.69) is 0 Å². The topological polar surface area (TPSA) is 56.5 Å². The number of carbonyl (C=O) groups excluding carboxylic acids is 1. The molecule has 1 aromatic carbocycles. The maximum Gasteiger partial charge on any atom is 0.340 e. The molecule has 2 heterocycles. The van der Waals surface area contributed by atoms with Crippen molar-refractivity contribution in [2.45, 2.75) is 13.5 Å². The number of thiophene rings is 1. The summed E-state index contributed by atoms with van der Waals surface area (Å²) in [5.41, 5.74) is 1.72. The molecule has 0 atom stereocenters. The average molecular weight is 369 g/mol. The molecule has 7 heteroatoms. The van der Waals surface area contributed by atoms with Gasteiger partial charge in [-0.2, -0.15) is 0 Å². The van der Waals surface area contributed by atoms with Crippen molar-refractivity contribution in [3.8, 4) is 0 Å². The van der Waals surface area contributed by atoms with Crippen molar-refractivity contribution in [2.75, 3.05) is 0 Å². The van der Waals surface area contributed by atoms with E-state index in [-0.39, 0.29) is 16.5 Å². The minimum atomic E-state index is -0.591. The molecule has 0 saturated carbocycles. The highest BCUT2D eigenvalue weighted by Crippen LogP contribution is 2.31. The van der Waals surface area contributed by atoms with Crippen LogP contribution in [0.4, 0.5) is 0 Å². The van der Waals surface area contributed by atoms with Crippen LogP contribution >= 0.6 is 34.5 Å². The normalized spacial score (nSPS) is 10.9. The standard InChI is InChI=1S/C16H10Cl2O4S/c1-8-2-3-10-9(5-14(19)22-12(10)4-8)7-21-16(20)11-6-13(17)23-15(11)18/h2-6H,7H2,1H3. The third-order valence-corrected chi connectivity index (χ3v) is 4.71. The minimum absolute atomic E-state index is 0.0617. The number of carbonyl (C=O) groups is 1. The van der Waals surface area contributed by atoms with Crippen molar-refractivity contribution >= 4 is 51.5 Å². The molecule has 4 nitrogen and oxygen atoms in total. The fourth-order valence-corrected chi connectivity index (χ4v) is 3.60. The Kier molecular flexibility index (Phi) is 4.43. The zero-order chi connectivity index (χ0) is 16.6. The lowest BCUT2D eigenvalue weighted by atomic mass is 10.1. The van der Waals surface area contributed by atoms with E-state index in [1.807, 2.05) is 19.1 Å². The smallest absolute Gasteiger partial charge is 0.340 e. The third kappa shape index (κ3) is 3.42. The van der Waals surface area contributed by atoms with Gasteiger partial charge in [0.2, 0.25) is 0 Å². The molecule has 118 valence electrons. The molecule has 0 aliphatic rings. The van der Waals surface area contributed by atoms with E-state index in [9.17, 15) is 9.59 Å². The lowest BCUT2D eigenvalue weighted by Crippen LogP contribution is -2.07. The second-order valence-corrected chi connectivity index (χ2v) is 7.19. The van der Waals surface area contributed by atoms with Crippen molar-refractivity contribution in [1.29, 1.82) is 0 Å². The molecular weight excluding hydrogens is 359 g/mol. The summed E-state index contributed by atoms with van der Waals surface area (Å²) in [6.07, 6.45) is 0. The Morgan fingerprint density at radius 1 is 1.26 bits per heavy atom. The molecule has 0 saturated heterocycles. The predicted molar refractivity (Wildman–Crippen MR) is 90.7 cm³/mol. The summed E-state index contributed by atoms with van der Waals surface area (Å²) in [7, 11) is 0.